The number of anilines is 1. The summed E-state index contributed by atoms with van der Waals surface area (Å²) in [5.41, 5.74) is 3.76. The Morgan fingerprint density at radius 1 is 0.900 bits per heavy atom. The Morgan fingerprint density at radius 3 is 2.40 bits per heavy atom. The molecule has 0 aliphatic heterocycles. The second-order valence-corrected chi connectivity index (χ2v) is 5.20. The molecule has 0 radical (unpaired) electrons. The maximum Gasteiger partial charge on any atom is 0.131 e. The monoisotopic (exact) mass is 273 g/mol. The average Bonchev–Trinajstić information content (AvgIpc) is 2.47. The summed E-state index contributed by atoms with van der Waals surface area (Å²) in [5, 5.41) is 3.19. The van der Waals surface area contributed by atoms with Crippen LogP contribution in [0, 0.1) is 11.6 Å². The molecule has 0 heterocycles. The Labute approximate surface area is 117 Å². The summed E-state index contributed by atoms with van der Waals surface area (Å²) in [6, 6.07) is 10.1. The summed E-state index contributed by atoms with van der Waals surface area (Å²) in [6.07, 6.45) is 4.54. The van der Waals surface area contributed by atoms with Crippen LogP contribution in [0.3, 0.4) is 0 Å². The van der Waals surface area contributed by atoms with Crippen LogP contribution < -0.4 is 5.32 Å². The molecule has 0 saturated heterocycles. The maximum absolute atomic E-state index is 13.6. The Balaban J connectivity index is 1.82. The van der Waals surface area contributed by atoms with Crippen LogP contribution in [0.2, 0.25) is 0 Å². The highest BCUT2D eigenvalue weighted by Gasteiger charge is 2.14. The van der Waals surface area contributed by atoms with E-state index in [0.717, 1.165) is 18.5 Å². The summed E-state index contributed by atoms with van der Waals surface area (Å²) in [7, 11) is 0. The first-order chi connectivity index (χ1) is 9.75. The van der Waals surface area contributed by atoms with Crippen molar-refractivity contribution in [3.8, 4) is 0 Å². The number of hydrogen-bond donors (Lipinski definition) is 1. The molecule has 104 valence electrons. The molecule has 2 aromatic carbocycles. The minimum atomic E-state index is -0.498. The van der Waals surface area contributed by atoms with E-state index >= 15 is 0 Å². The minimum absolute atomic E-state index is 0.0981. The molecule has 0 spiro atoms. The van der Waals surface area contributed by atoms with Gasteiger partial charge in [-0.25, -0.2) is 8.78 Å². The molecular weight excluding hydrogens is 256 g/mol. The van der Waals surface area contributed by atoms with E-state index in [1.165, 1.54) is 42.2 Å². The highest BCUT2D eigenvalue weighted by molar-refractivity contribution is 5.56. The number of hydrogen-bond acceptors (Lipinski definition) is 1. The minimum Gasteiger partial charge on any atom is -0.381 e. The molecule has 3 heteroatoms. The van der Waals surface area contributed by atoms with Gasteiger partial charge in [-0.15, -0.1) is 0 Å². The first-order valence-electron chi connectivity index (χ1n) is 7.03. The third-order valence-corrected chi connectivity index (χ3v) is 3.91. The van der Waals surface area contributed by atoms with Crippen molar-refractivity contribution in [1.29, 1.82) is 0 Å². The van der Waals surface area contributed by atoms with Crippen molar-refractivity contribution in [1.82, 2.24) is 0 Å². The fourth-order valence-corrected chi connectivity index (χ4v) is 2.83. The Morgan fingerprint density at radius 2 is 1.60 bits per heavy atom. The number of halogens is 2. The zero-order chi connectivity index (χ0) is 13.9. The molecule has 2 aromatic rings. The van der Waals surface area contributed by atoms with Crippen LogP contribution >= 0.6 is 0 Å². The fraction of sp³-hybridized carbons (Fsp3) is 0.294. The molecule has 0 fully saturated rings. The normalized spacial score (nSPS) is 13.9. The van der Waals surface area contributed by atoms with Crippen LogP contribution in [0.5, 0.6) is 0 Å². The predicted molar refractivity (Wildman–Crippen MR) is 76.8 cm³/mol. The summed E-state index contributed by atoms with van der Waals surface area (Å²) < 4.78 is 27.2. The van der Waals surface area contributed by atoms with Gasteiger partial charge < -0.3 is 5.32 Å². The molecule has 1 nitrogen and oxygen atoms in total. The van der Waals surface area contributed by atoms with E-state index in [1.54, 1.807) is 0 Å². The molecule has 1 aliphatic rings. The van der Waals surface area contributed by atoms with Gasteiger partial charge >= 0.3 is 0 Å². The van der Waals surface area contributed by atoms with Crippen LogP contribution in [0.4, 0.5) is 14.5 Å². The molecular formula is C17H17F2N. The summed E-state index contributed by atoms with van der Waals surface area (Å²) in [6.45, 7) is 0.176. The zero-order valence-corrected chi connectivity index (χ0v) is 11.3. The van der Waals surface area contributed by atoms with Crippen LogP contribution in [-0.2, 0) is 19.4 Å². The molecule has 0 amide bonds. The lowest BCUT2D eigenvalue weighted by molar-refractivity contribution is 0.560. The van der Waals surface area contributed by atoms with E-state index in [2.05, 4.69) is 11.4 Å². The highest BCUT2D eigenvalue weighted by atomic mass is 19.1. The van der Waals surface area contributed by atoms with Gasteiger partial charge in [0.1, 0.15) is 11.6 Å². The molecule has 0 saturated carbocycles. The van der Waals surface area contributed by atoms with Crippen LogP contribution in [-0.4, -0.2) is 0 Å². The van der Waals surface area contributed by atoms with Crippen LogP contribution in [0.1, 0.15) is 29.5 Å². The van der Waals surface area contributed by atoms with Gasteiger partial charge in [0.05, 0.1) is 0 Å². The molecule has 3 rings (SSSR count). The van der Waals surface area contributed by atoms with Crippen LogP contribution in [0.25, 0.3) is 0 Å². The van der Waals surface area contributed by atoms with Crippen molar-refractivity contribution in [2.24, 2.45) is 0 Å². The first-order valence-corrected chi connectivity index (χ1v) is 7.03. The number of nitrogens with one attached hydrogen (secondary N) is 1. The van der Waals surface area contributed by atoms with Crippen LogP contribution in [0.15, 0.2) is 36.4 Å². The van der Waals surface area contributed by atoms with E-state index in [1.807, 2.05) is 12.1 Å². The summed E-state index contributed by atoms with van der Waals surface area (Å²) in [4.78, 5) is 0. The Hall–Kier alpha value is -1.90. The van der Waals surface area contributed by atoms with Gasteiger partial charge in [-0.3, -0.25) is 0 Å². The Kier molecular flexibility index (Phi) is 3.68. The predicted octanol–water partition coefficient (Wildman–Crippen LogP) is 4.46. The quantitative estimate of drug-likeness (QED) is 0.870. The number of rotatable bonds is 3. The lowest BCUT2D eigenvalue weighted by atomic mass is 9.90. The Bertz CT molecular complexity index is 602. The SMILES string of the molecule is Fc1cccc(F)c1CNc1cccc2c1CCCC2. The third-order valence-electron chi connectivity index (χ3n) is 3.91. The van der Waals surface area contributed by atoms with E-state index in [9.17, 15) is 8.78 Å². The third kappa shape index (κ3) is 2.53. The van der Waals surface area contributed by atoms with Crippen molar-refractivity contribution in [2.45, 2.75) is 32.2 Å². The van der Waals surface area contributed by atoms with Gasteiger partial charge in [-0.05, 0) is 55.0 Å². The molecule has 1 N–H and O–H groups in total. The lowest BCUT2D eigenvalue weighted by Crippen LogP contribution is -2.10. The smallest absolute Gasteiger partial charge is 0.131 e. The largest absolute Gasteiger partial charge is 0.381 e. The van der Waals surface area contributed by atoms with Gasteiger partial charge in [0.15, 0.2) is 0 Å². The zero-order valence-electron chi connectivity index (χ0n) is 11.3. The van der Waals surface area contributed by atoms with Gasteiger partial charge in [0.2, 0.25) is 0 Å². The van der Waals surface area contributed by atoms with Gasteiger partial charge in [0.25, 0.3) is 0 Å². The van der Waals surface area contributed by atoms with Crippen molar-refractivity contribution < 1.29 is 8.78 Å². The molecule has 0 atom stereocenters. The van der Waals surface area contributed by atoms with Crippen molar-refractivity contribution in [3.05, 3.63) is 64.7 Å². The second kappa shape index (κ2) is 5.61. The average molecular weight is 273 g/mol. The van der Waals surface area contributed by atoms with Gasteiger partial charge in [-0.1, -0.05) is 18.2 Å². The van der Waals surface area contributed by atoms with E-state index < -0.39 is 11.6 Å². The molecule has 0 aromatic heterocycles. The number of benzene rings is 2. The van der Waals surface area contributed by atoms with Crippen molar-refractivity contribution >= 4 is 5.69 Å². The topological polar surface area (TPSA) is 12.0 Å². The lowest BCUT2D eigenvalue weighted by Gasteiger charge is -2.20. The maximum atomic E-state index is 13.6. The molecule has 0 unspecified atom stereocenters. The first kappa shape index (κ1) is 13.1. The van der Waals surface area contributed by atoms with Crippen molar-refractivity contribution in [2.75, 3.05) is 5.32 Å². The number of aryl methyl sites for hydroxylation is 1. The van der Waals surface area contributed by atoms with E-state index in [4.69, 9.17) is 0 Å². The van der Waals surface area contributed by atoms with E-state index in [-0.39, 0.29) is 12.1 Å². The summed E-state index contributed by atoms with van der Waals surface area (Å²) >= 11 is 0. The van der Waals surface area contributed by atoms with Gasteiger partial charge in [-0.2, -0.15) is 0 Å². The second-order valence-electron chi connectivity index (χ2n) is 5.20. The highest BCUT2D eigenvalue weighted by Crippen LogP contribution is 2.28. The number of fused-ring (bicyclic) bond motifs is 1. The standard InChI is InChI=1S/C17H17F2N/c18-15-8-4-9-16(19)14(15)11-20-17-10-3-6-12-5-1-2-7-13(12)17/h3-4,6,8-10,20H,1-2,5,7,11H2. The summed E-state index contributed by atoms with van der Waals surface area (Å²) in [5.74, 6) is -0.996. The van der Waals surface area contributed by atoms with Crippen molar-refractivity contribution in [3.63, 3.8) is 0 Å². The fourth-order valence-electron chi connectivity index (χ4n) is 2.83. The molecule has 20 heavy (non-hydrogen) atoms. The van der Waals surface area contributed by atoms with Gasteiger partial charge in [0, 0.05) is 17.8 Å². The van der Waals surface area contributed by atoms with E-state index in [0.29, 0.717) is 0 Å². The molecule has 0 bridgehead atoms. The molecule has 1 aliphatic carbocycles.